The summed E-state index contributed by atoms with van der Waals surface area (Å²) in [6.45, 7) is 3.95. The van der Waals surface area contributed by atoms with Crippen molar-refractivity contribution in [3.8, 4) is 5.75 Å². The fourth-order valence-electron chi connectivity index (χ4n) is 2.11. The van der Waals surface area contributed by atoms with Gasteiger partial charge >= 0.3 is 0 Å². The van der Waals surface area contributed by atoms with Crippen LogP contribution in [0.15, 0.2) is 46.9 Å². The molecule has 1 amide bonds. The lowest BCUT2D eigenvalue weighted by atomic mass is 10.0. The van der Waals surface area contributed by atoms with Gasteiger partial charge in [-0.05, 0) is 41.8 Å². The maximum absolute atomic E-state index is 12.0. The number of rotatable bonds is 6. The summed E-state index contributed by atoms with van der Waals surface area (Å²) >= 11 is 3.42. The second-order valence-electron chi connectivity index (χ2n) is 5.48. The molecule has 0 aliphatic heterocycles. The highest BCUT2D eigenvalue weighted by Gasteiger charge is 2.11. The fourth-order valence-corrected chi connectivity index (χ4v) is 2.49. The topological polar surface area (TPSA) is 81.5 Å². The van der Waals surface area contributed by atoms with Crippen molar-refractivity contribution in [2.75, 3.05) is 11.9 Å². The van der Waals surface area contributed by atoms with E-state index in [-0.39, 0.29) is 24.1 Å². The number of non-ortho nitro benzene ring substituents is 1. The minimum Gasteiger partial charge on any atom is -0.483 e. The van der Waals surface area contributed by atoms with Crippen molar-refractivity contribution in [1.29, 1.82) is 0 Å². The van der Waals surface area contributed by atoms with Crippen LogP contribution in [0.2, 0.25) is 0 Å². The van der Waals surface area contributed by atoms with Crippen LogP contribution < -0.4 is 10.1 Å². The van der Waals surface area contributed by atoms with Crippen molar-refractivity contribution in [3.63, 3.8) is 0 Å². The SMILES string of the molecule is CC(C)c1cc(Br)ccc1OCC(=O)Nc1ccc([N+](=O)[O-])cc1. The molecule has 0 unspecified atom stereocenters. The summed E-state index contributed by atoms with van der Waals surface area (Å²) in [5.74, 6) is 0.587. The predicted octanol–water partition coefficient (Wildman–Crippen LogP) is 4.50. The van der Waals surface area contributed by atoms with E-state index in [9.17, 15) is 14.9 Å². The quantitative estimate of drug-likeness (QED) is 0.579. The van der Waals surface area contributed by atoms with Crippen LogP contribution in [0.5, 0.6) is 5.75 Å². The van der Waals surface area contributed by atoms with E-state index in [0.29, 0.717) is 11.4 Å². The number of halogens is 1. The third-order valence-corrected chi connectivity index (χ3v) is 3.81. The van der Waals surface area contributed by atoms with Gasteiger partial charge in [-0.3, -0.25) is 14.9 Å². The maximum Gasteiger partial charge on any atom is 0.269 e. The molecule has 6 nitrogen and oxygen atoms in total. The van der Waals surface area contributed by atoms with Gasteiger partial charge in [0.05, 0.1) is 4.92 Å². The van der Waals surface area contributed by atoms with Crippen molar-refractivity contribution in [3.05, 3.63) is 62.6 Å². The number of carbonyl (C=O) groups excluding carboxylic acids is 1. The van der Waals surface area contributed by atoms with Gasteiger partial charge in [0.25, 0.3) is 11.6 Å². The number of nitro groups is 1. The van der Waals surface area contributed by atoms with Gasteiger partial charge in [-0.25, -0.2) is 0 Å². The summed E-state index contributed by atoms with van der Waals surface area (Å²) < 4.78 is 6.56. The summed E-state index contributed by atoms with van der Waals surface area (Å²) in [6.07, 6.45) is 0. The van der Waals surface area contributed by atoms with Crippen LogP contribution in [0.1, 0.15) is 25.3 Å². The van der Waals surface area contributed by atoms with E-state index in [2.05, 4.69) is 21.2 Å². The lowest BCUT2D eigenvalue weighted by Gasteiger charge is -2.14. The Morgan fingerprint density at radius 3 is 2.50 bits per heavy atom. The van der Waals surface area contributed by atoms with Gasteiger partial charge in [-0.15, -0.1) is 0 Å². The number of amides is 1. The molecule has 0 atom stereocenters. The number of benzene rings is 2. The Bertz CT molecular complexity index is 745. The van der Waals surface area contributed by atoms with E-state index in [4.69, 9.17) is 4.74 Å². The van der Waals surface area contributed by atoms with Gasteiger partial charge in [-0.1, -0.05) is 29.8 Å². The Kier molecular flexibility index (Phi) is 5.92. The zero-order valence-corrected chi connectivity index (χ0v) is 14.9. The van der Waals surface area contributed by atoms with Gasteiger partial charge in [0.1, 0.15) is 5.75 Å². The first-order chi connectivity index (χ1) is 11.4. The summed E-state index contributed by atoms with van der Waals surface area (Å²) in [7, 11) is 0. The summed E-state index contributed by atoms with van der Waals surface area (Å²) in [6, 6.07) is 11.3. The first-order valence-electron chi connectivity index (χ1n) is 7.33. The molecule has 0 bridgehead atoms. The van der Waals surface area contributed by atoms with E-state index in [0.717, 1.165) is 10.0 Å². The standard InChI is InChI=1S/C17H17BrN2O4/c1-11(2)15-9-12(18)3-8-16(15)24-10-17(21)19-13-4-6-14(7-5-13)20(22)23/h3-9,11H,10H2,1-2H3,(H,19,21). The zero-order valence-electron chi connectivity index (χ0n) is 13.3. The lowest BCUT2D eigenvalue weighted by Crippen LogP contribution is -2.20. The Hall–Kier alpha value is -2.41. The molecule has 2 rings (SSSR count). The van der Waals surface area contributed by atoms with Gasteiger partial charge in [-0.2, -0.15) is 0 Å². The van der Waals surface area contributed by atoms with Crippen LogP contribution in [0.4, 0.5) is 11.4 Å². The Morgan fingerprint density at radius 1 is 1.25 bits per heavy atom. The third-order valence-electron chi connectivity index (χ3n) is 3.31. The second kappa shape index (κ2) is 7.92. The highest BCUT2D eigenvalue weighted by molar-refractivity contribution is 9.10. The van der Waals surface area contributed by atoms with Crippen molar-refractivity contribution in [2.45, 2.75) is 19.8 Å². The average Bonchev–Trinajstić information content (AvgIpc) is 2.54. The van der Waals surface area contributed by atoms with Crippen LogP contribution in [0.25, 0.3) is 0 Å². The normalized spacial score (nSPS) is 10.5. The number of ether oxygens (including phenoxy) is 1. The largest absolute Gasteiger partial charge is 0.483 e. The highest BCUT2D eigenvalue weighted by atomic mass is 79.9. The third kappa shape index (κ3) is 4.79. The predicted molar refractivity (Wildman–Crippen MR) is 95.5 cm³/mol. The van der Waals surface area contributed by atoms with Gasteiger partial charge in [0.15, 0.2) is 6.61 Å². The van der Waals surface area contributed by atoms with Crippen molar-refractivity contribution in [1.82, 2.24) is 0 Å². The molecule has 0 aliphatic carbocycles. The molecule has 1 N–H and O–H groups in total. The van der Waals surface area contributed by atoms with E-state index in [1.54, 1.807) is 0 Å². The van der Waals surface area contributed by atoms with Crippen molar-refractivity contribution < 1.29 is 14.5 Å². The van der Waals surface area contributed by atoms with Crippen LogP contribution in [0.3, 0.4) is 0 Å². The Morgan fingerprint density at radius 2 is 1.92 bits per heavy atom. The smallest absolute Gasteiger partial charge is 0.269 e. The molecule has 24 heavy (non-hydrogen) atoms. The zero-order chi connectivity index (χ0) is 17.7. The minimum atomic E-state index is -0.490. The molecule has 0 aliphatic rings. The Balaban J connectivity index is 1.97. The summed E-state index contributed by atoms with van der Waals surface area (Å²) in [5.41, 5.74) is 1.46. The molecule has 2 aromatic rings. The monoisotopic (exact) mass is 392 g/mol. The summed E-state index contributed by atoms with van der Waals surface area (Å²) in [5, 5.41) is 13.2. The number of anilines is 1. The number of carbonyl (C=O) groups is 1. The number of nitrogens with one attached hydrogen (secondary N) is 1. The van der Waals surface area contributed by atoms with Crippen LogP contribution in [-0.2, 0) is 4.79 Å². The molecule has 126 valence electrons. The highest BCUT2D eigenvalue weighted by Crippen LogP contribution is 2.29. The molecular formula is C17H17BrN2O4. The number of hydrogen-bond donors (Lipinski definition) is 1. The van der Waals surface area contributed by atoms with Crippen molar-refractivity contribution >= 4 is 33.2 Å². The van der Waals surface area contributed by atoms with E-state index in [1.165, 1.54) is 24.3 Å². The van der Waals surface area contributed by atoms with Gasteiger partial charge in [0, 0.05) is 22.3 Å². The molecule has 0 fully saturated rings. The first kappa shape index (κ1) is 17.9. The minimum absolute atomic E-state index is 0.0271. The number of nitrogens with zero attached hydrogens (tertiary/aromatic N) is 1. The van der Waals surface area contributed by atoms with Crippen molar-refractivity contribution in [2.24, 2.45) is 0 Å². The first-order valence-corrected chi connectivity index (χ1v) is 8.12. The van der Waals surface area contributed by atoms with Gasteiger partial charge in [0.2, 0.25) is 0 Å². The fraction of sp³-hybridized carbons (Fsp3) is 0.235. The molecule has 0 saturated heterocycles. The van der Waals surface area contributed by atoms with E-state index in [1.807, 2.05) is 32.0 Å². The van der Waals surface area contributed by atoms with Crippen LogP contribution in [-0.4, -0.2) is 17.4 Å². The molecule has 0 heterocycles. The van der Waals surface area contributed by atoms with Crippen LogP contribution in [0, 0.1) is 10.1 Å². The molecule has 2 aromatic carbocycles. The molecular weight excluding hydrogens is 376 g/mol. The molecule has 0 aromatic heterocycles. The molecule has 0 saturated carbocycles. The molecule has 0 radical (unpaired) electrons. The number of nitro benzene ring substituents is 1. The summed E-state index contributed by atoms with van der Waals surface area (Å²) in [4.78, 5) is 22.1. The number of hydrogen-bond acceptors (Lipinski definition) is 4. The van der Waals surface area contributed by atoms with Crippen LogP contribution >= 0.6 is 15.9 Å². The van der Waals surface area contributed by atoms with Gasteiger partial charge < -0.3 is 10.1 Å². The van der Waals surface area contributed by atoms with E-state index < -0.39 is 4.92 Å². The average molecular weight is 393 g/mol. The molecule has 0 spiro atoms. The Labute approximate surface area is 148 Å². The molecule has 7 heteroatoms. The maximum atomic E-state index is 12.0. The van der Waals surface area contributed by atoms with E-state index >= 15 is 0 Å². The lowest BCUT2D eigenvalue weighted by molar-refractivity contribution is -0.384. The second-order valence-corrected chi connectivity index (χ2v) is 6.39.